The molecule has 1 aromatic heterocycles. The Kier molecular flexibility index (Phi) is 5.45. The minimum Gasteiger partial charge on any atom is -0.508 e. The van der Waals surface area contributed by atoms with Crippen molar-refractivity contribution >= 4 is 23.2 Å². The molecule has 37 heavy (non-hydrogen) atoms. The minimum absolute atomic E-state index is 0.00578. The number of allylic oxidation sites excluding steroid dienone is 2. The number of anilines is 1. The van der Waals surface area contributed by atoms with Crippen LogP contribution in [0.15, 0.2) is 41.3 Å². The van der Waals surface area contributed by atoms with Gasteiger partial charge in [-0.1, -0.05) is 0 Å². The van der Waals surface area contributed by atoms with Gasteiger partial charge >= 0.3 is 0 Å². The summed E-state index contributed by atoms with van der Waals surface area (Å²) in [6.07, 6.45) is 3.56. The number of nitrogens with two attached hydrogens (primary N) is 1. The van der Waals surface area contributed by atoms with Gasteiger partial charge in [0.25, 0.3) is 5.91 Å². The van der Waals surface area contributed by atoms with Crippen molar-refractivity contribution < 1.29 is 34.4 Å². The summed E-state index contributed by atoms with van der Waals surface area (Å²) in [7, 11) is 6.71. The van der Waals surface area contributed by atoms with Crippen molar-refractivity contribution in [1.82, 2.24) is 9.55 Å². The Morgan fingerprint density at radius 2 is 1.97 bits per heavy atom. The van der Waals surface area contributed by atoms with Crippen LogP contribution in [0.5, 0.6) is 5.75 Å². The van der Waals surface area contributed by atoms with Crippen molar-refractivity contribution in [2.75, 3.05) is 26.1 Å². The van der Waals surface area contributed by atoms with Crippen molar-refractivity contribution in [2.45, 2.75) is 24.9 Å². The van der Waals surface area contributed by atoms with E-state index in [-0.39, 0.29) is 41.9 Å². The molecule has 0 bridgehead atoms. The smallest absolute Gasteiger partial charge is 0.255 e. The molecule has 1 aromatic carbocycles. The second kappa shape index (κ2) is 8.20. The van der Waals surface area contributed by atoms with Crippen LogP contribution in [-0.2, 0) is 27.8 Å². The Labute approximate surface area is 212 Å². The van der Waals surface area contributed by atoms with Gasteiger partial charge in [0.1, 0.15) is 22.8 Å². The van der Waals surface area contributed by atoms with Gasteiger partial charge in [-0.05, 0) is 30.4 Å². The molecule has 1 amide bonds. The first-order chi connectivity index (χ1) is 17.4. The van der Waals surface area contributed by atoms with Crippen molar-refractivity contribution in [3.8, 4) is 17.0 Å². The number of fused-ring (bicyclic) bond motifs is 3. The summed E-state index contributed by atoms with van der Waals surface area (Å²) in [6.45, 7) is 0. The number of aliphatic hydroxyl groups is 2. The number of nitrogens with zero attached hydrogens (tertiary/aromatic N) is 3. The number of methoxy groups -OCH3 is 1. The number of phenolic OH excluding ortho intramolecular Hbond substituents is 1. The quantitative estimate of drug-likeness (QED) is 0.443. The number of phenols is 1. The van der Waals surface area contributed by atoms with E-state index in [0.717, 1.165) is 0 Å². The fourth-order valence-corrected chi connectivity index (χ4v) is 6.05. The molecule has 3 aliphatic carbocycles. The molecular weight excluding hydrogens is 480 g/mol. The van der Waals surface area contributed by atoms with E-state index in [1.807, 2.05) is 19.0 Å². The second-order valence-electron chi connectivity index (χ2n) is 10.0. The number of Topliss-reactive ketones (excluding diaryl/α,β-unsaturated/α-hetero) is 2. The highest BCUT2D eigenvalue weighted by molar-refractivity contribution is 6.24. The lowest BCUT2D eigenvalue weighted by Crippen LogP contribution is -2.57. The molecule has 0 radical (unpaired) electrons. The molecule has 3 atom stereocenters. The molecule has 2 aromatic rings. The molecule has 0 saturated carbocycles. The second-order valence-corrected chi connectivity index (χ2v) is 10.0. The molecule has 11 nitrogen and oxygen atoms in total. The van der Waals surface area contributed by atoms with Crippen LogP contribution in [0.4, 0.5) is 5.69 Å². The SMILES string of the molecule is COC1=C(C(N)=O)C(=O)[C@@]2(O)C(O)=C3C(=O)c4c(O)c(-c5cncn5C)cc(N(C)C)c4C[C@H]3C[C@H]2C1. The predicted molar refractivity (Wildman–Crippen MR) is 132 cm³/mol. The third-order valence-corrected chi connectivity index (χ3v) is 7.84. The normalized spacial score (nSPS) is 25.0. The van der Waals surface area contributed by atoms with E-state index in [0.29, 0.717) is 22.5 Å². The molecule has 5 rings (SSSR count). The van der Waals surface area contributed by atoms with Crippen LogP contribution in [0, 0.1) is 11.8 Å². The van der Waals surface area contributed by atoms with Crippen LogP contribution in [0.3, 0.4) is 0 Å². The number of aliphatic hydroxyl groups excluding tert-OH is 1. The zero-order chi connectivity index (χ0) is 27.0. The first-order valence-corrected chi connectivity index (χ1v) is 11.8. The Morgan fingerprint density at radius 1 is 1.27 bits per heavy atom. The Hall–Kier alpha value is -4.12. The first-order valence-electron chi connectivity index (χ1n) is 11.8. The summed E-state index contributed by atoms with van der Waals surface area (Å²) in [5.41, 5.74) is 4.46. The van der Waals surface area contributed by atoms with Gasteiger partial charge in [0.2, 0.25) is 5.78 Å². The first kappa shape index (κ1) is 24.6. The zero-order valence-electron chi connectivity index (χ0n) is 20.9. The number of rotatable bonds is 4. The lowest BCUT2D eigenvalue weighted by molar-refractivity contribution is -0.144. The van der Waals surface area contributed by atoms with E-state index in [2.05, 4.69) is 4.98 Å². The van der Waals surface area contributed by atoms with Gasteiger partial charge < -0.3 is 35.3 Å². The van der Waals surface area contributed by atoms with Gasteiger partial charge in [-0.2, -0.15) is 0 Å². The maximum absolute atomic E-state index is 14.0. The largest absolute Gasteiger partial charge is 0.508 e. The van der Waals surface area contributed by atoms with E-state index in [9.17, 15) is 29.7 Å². The highest BCUT2D eigenvalue weighted by atomic mass is 16.5. The number of benzene rings is 1. The number of hydrogen-bond donors (Lipinski definition) is 4. The molecule has 0 saturated heterocycles. The van der Waals surface area contributed by atoms with Crippen molar-refractivity contribution in [1.29, 1.82) is 0 Å². The maximum atomic E-state index is 14.0. The standard InChI is InChI=1S/C26H28N4O7/c1-29(2)15-8-14(16-9-28-10-30(16)3)21(31)19-13(15)6-11-5-12-7-17(37-4)20(25(27)35)24(34)26(12,36)23(33)18(11)22(19)32/h8-12,31,33,36H,5-7H2,1-4H3,(H2,27,35)/t11-,12+,26+/m1/s1. The highest BCUT2D eigenvalue weighted by Crippen LogP contribution is 2.53. The van der Waals surface area contributed by atoms with Crippen molar-refractivity contribution in [2.24, 2.45) is 24.6 Å². The molecule has 5 N–H and O–H groups in total. The topological polar surface area (TPSA) is 168 Å². The fourth-order valence-electron chi connectivity index (χ4n) is 6.05. The van der Waals surface area contributed by atoms with Gasteiger partial charge in [0, 0.05) is 50.3 Å². The van der Waals surface area contributed by atoms with Crippen LogP contribution in [-0.4, -0.2) is 69.2 Å². The zero-order valence-corrected chi connectivity index (χ0v) is 20.9. The number of amides is 1. The Balaban J connectivity index is 1.73. The third kappa shape index (κ3) is 3.23. The number of imidazole rings is 1. The average Bonchev–Trinajstić information content (AvgIpc) is 3.25. The summed E-state index contributed by atoms with van der Waals surface area (Å²) in [6, 6.07) is 1.79. The summed E-state index contributed by atoms with van der Waals surface area (Å²) < 4.78 is 6.94. The highest BCUT2D eigenvalue weighted by Gasteiger charge is 2.60. The Morgan fingerprint density at radius 3 is 2.54 bits per heavy atom. The Bertz CT molecular complexity index is 1450. The molecule has 0 unspecified atom stereocenters. The molecule has 0 fully saturated rings. The van der Waals surface area contributed by atoms with Gasteiger partial charge in [-0.3, -0.25) is 14.4 Å². The molecule has 0 spiro atoms. The minimum atomic E-state index is -2.51. The van der Waals surface area contributed by atoms with Gasteiger partial charge in [-0.25, -0.2) is 4.98 Å². The fraction of sp³-hybridized carbons (Fsp3) is 0.385. The van der Waals surface area contributed by atoms with E-state index in [1.54, 1.807) is 30.2 Å². The number of ether oxygens (including phenoxy) is 1. The summed E-state index contributed by atoms with van der Waals surface area (Å²) in [4.78, 5) is 45.3. The van der Waals surface area contributed by atoms with Crippen LogP contribution >= 0.6 is 0 Å². The van der Waals surface area contributed by atoms with Crippen LogP contribution in [0.25, 0.3) is 11.3 Å². The molecule has 194 valence electrons. The van der Waals surface area contributed by atoms with Crippen molar-refractivity contribution in [3.63, 3.8) is 0 Å². The summed E-state index contributed by atoms with van der Waals surface area (Å²) >= 11 is 0. The lowest BCUT2D eigenvalue weighted by atomic mass is 9.60. The van der Waals surface area contributed by atoms with Crippen LogP contribution < -0.4 is 10.6 Å². The van der Waals surface area contributed by atoms with Gasteiger partial charge in [-0.15, -0.1) is 0 Å². The number of hydrogen-bond acceptors (Lipinski definition) is 9. The lowest BCUT2D eigenvalue weighted by Gasteiger charge is -2.46. The monoisotopic (exact) mass is 508 g/mol. The van der Waals surface area contributed by atoms with E-state index in [4.69, 9.17) is 10.5 Å². The van der Waals surface area contributed by atoms with Gasteiger partial charge in [0.05, 0.1) is 30.9 Å². The number of aryl methyl sites for hydroxylation is 1. The van der Waals surface area contributed by atoms with Crippen LogP contribution in [0.2, 0.25) is 0 Å². The average molecular weight is 509 g/mol. The summed E-state index contributed by atoms with van der Waals surface area (Å²) in [5.74, 6) is -5.30. The number of carbonyl (C=O) groups excluding carboxylic acids is 3. The van der Waals surface area contributed by atoms with E-state index < -0.39 is 46.2 Å². The molecule has 1 heterocycles. The van der Waals surface area contributed by atoms with E-state index in [1.165, 1.54) is 7.11 Å². The molecule has 3 aliphatic rings. The number of carbonyl (C=O) groups is 3. The van der Waals surface area contributed by atoms with Crippen molar-refractivity contribution in [3.05, 3.63) is 52.4 Å². The van der Waals surface area contributed by atoms with Crippen LogP contribution in [0.1, 0.15) is 28.8 Å². The number of ketones is 2. The third-order valence-electron chi connectivity index (χ3n) is 7.84. The molecular formula is C26H28N4O7. The van der Waals surface area contributed by atoms with Gasteiger partial charge in [0.15, 0.2) is 11.4 Å². The van der Waals surface area contributed by atoms with E-state index >= 15 is 0 Å². The summed E-state index contributed by atoms with van der Waals surface area (Å²) in [5, 5.41) is 34.2. The number of aromatic nitrogens is 2. The predicted octanol–water partition coefficient (Wildman–Crippen LogP) is 1.14. The molecule has 11 heteroatoms. The number of aromatic hydroxyl groups is 1. The number of primary amides is 1. The maximum Gasteiger partial charge on any atom is 0.255 e. The molecule has 0 aliphatic heterocycles.